The van der Waals surface area contributed by atoms with Crippen LogP contribution in [0.1, 0.15) is 11.4 Å². The minimum atomic E-state index is 0.794. The van der Waals surface area contributed by atoms with Crippen LogP contribution in [0.5, 0.6) is 0 Å². The first-order valence-electron chi connectivity index (χ1n) is 4.99. The van der Waals surface area contributed by atoms with E-state index in [1.54, 1.807) is 0 Å². The number of aromatic nitrogens is 2. The zero-order chi connectivity index (χ0) is 10.3. The minimum absolute atomic E-state index is 0.794. The molecule has 0 saturated heterocycles. The van der Waals surface area contributed by atoms with Gasteiger partial charge in [-0.1, -0.05) is 6.08 Å². The van der Waals surface area contributed by atoms with Crippen LogP contribution in [-0.4, -0.2) is 22.7 Å². The van der Waals surface area contributed by atoms with Crippen LogP contribution in [0.4, 0.5) is 0 Å². The molecule has 3 rings (SSSR count). The van der Waals surface area contributed by atoms with E-state index < -0.39 is 0 Å². The molecule has 2 aromatic heterocycles. The summed E-state index contributed by atoms with van der Waals surface area (Å²) in [5.74, 6) is 0. The van der Waals surface area contributed by atoms with Crippen molar-refractivity contribution >= 4 is 22.7 Å². The van der Waals surface area contributed by atoms with Crippen LogP contribution in [0.15, 0.2) is 29.4 Å². The van der Waals surface area contributed by atoms with E-state index in [4.69, 9.17) is 0 Å². The first-order valence-corrected chi connectivity index (χ1v) is 4.99. The van der Waals surface area contributed by atoms with Gasteiger partial charge in [0.25, 0.3) is 0 Å². The van der Waals surface area contributed by atoms with E-state index in [-0.39, 0.29) is 0 Å². The molecule has 0 spiro atoms. The number of hydrogen-bond donors (Lipinski definition) is 1. The van der Waals surface area contributed by atoms with Crippen molar-refractivity contribution in [3.05, 3.63) is 35.8 Å². The lowest BCUT2D eigenvalue weighted by molar-refractivity contribution is 1.22. The van der Waals surface area contributed by atoms with Gasteiger partial charge in [-0.3, -0.25) is 9.98 Å². The van der Waals surface area contributed by atoms with Crippen LogP contribution in [0.3, 0.4) is 0 Å². The van der Waals surface area contributed by atoms with Crippen molar-refractivity contribution in [3.63, 3.8) is 0 Å². The molecule has 0 fully saturated rings. The zero-order valence-corrected chi connectivity index (χ0v) is 8.49. The first-order chi connectivity index (χ1) is 7.33. The molecular formula is C12H11N3. The maximum Gasteiger partial charge on any atom is 0.0580 e. The normalized spacial score (nSPS) is 14.9. The SMILES string of the molecule is Cc1cc2[nH]c(C3=CCN=C3)cc2cn1. The molecule has 0 bridgehead atoms. The van der Waals surface area contributed by atoms with Crippen molar-refractivity contribution < 1.29 is 0 Å². The van der Waals surface area contributed by atoms with Gasteiger partial charge in [0.2, 0.25) is 0 Å². The summed E-state index contributed by atoms with van der Waals surface area (Å²) in [6.07, 6.45) is 5.92. The quantitative estimate of drug-likeness (QED) is 0.749. The van der Waals surface area contributed by atoms with Gasteiger partial charge in [-0.25, -0.2) is 0 Å². The predicted octanol–water partition coefficient (Wildman–Crippen LogP) is 2.34. The highest BCUT2D eigenvalue weighted by atomic mass is 14.8. The Morgan fingerprint density at radius 3 is 3.07 bits per heavy atom. The molecule has 3 heterocycles. The molecule has 0 radical (unpaired) electrons. The van der Waals surface area contributed by atoms with Crippen LogP contribution in [0.2, 0.25) is 0 Å². The third-order valence-corrected chi connectivity index (χ3v) is 2.60. The van der Waals surface area contributed by atoms with Gasteiger partial charge in [0.15, 0.2) is 0 Å². The van der Waals surface area contributed by atoms with Crippen molar-refractivity contribution in [1.82, 2.24) is 9.97 Å². The Labute approximate surface area is 87.6 Å². The Balaban J connectivity index is 2.18. The summed E-state index contributed by atoms with van der Waals surface area (Å²) in [5.41, 5.74) is 4.46. The standard InChI is InChI=1S/C12H11N3/c1-8-4-11-10(7-14-8)5-12(15-11)9-2-3-13-6-9/h2,4-7,15H,3H2,1H3. The number of fused-ring (bicyclic) bond motifs is 1. The van der Waals surface area contributed by atoms with Crippen LogP contribution in [-0.2, 0) is 0 Å². The van der Waals surface area contributed by atoms with Crippen LogP contribution >= 0.6 is 0 Å². The second-order valence-electron chi connectivity index (χ2n) is 3.75. The van der Waals surface area contributed by atoms with Crippen LogP contribution < -0.4 is 0 Å². The highest BCUT2D eigenvalue weighted by Crippen LogP contribution is 2.21. The lowest BCUT2D eigenvalue weighted by Gasteiger charge is -1.91. The Morgan fingerprint density at radius 2 is 2.27 bits per heavy atom. The highest BCUT2D eigenvalue weighted by Gasteiger charge is 2.06. The van der Waals surface area contributed by atoms with E-state index in [0.717, 1.165) is 28.8 Å². The summed E-state index contributed by atoms with van der Waals surface area (Å²) < 4.78 is 0. The van der Waals surface area contributed by atoms with Gasteiger partial charge in [0, 0.05) is 40.3 Å². The van der Waals surface area contributed by atoms with E-state index in [1.807, 2.05) is 19.3 Å². The monoisotopic (exact) mass is 197 g/mol. The maximum atomic E-state index is 4.27. The topological polar surface area (TPSA) is 41.0 Å². The number of H-pyrrole nitrogens is 1. The second-order valence-corrected chi connectivity index (χ2v) is 3.75. The van der Waals surface area contributed by atoms with Crippen molar-refractivity contribution in [1.29, 1.82) is 0 Å². The van der Waals surface area contributed by atoms with Crippen molar-refractivity contribution in [3.8, 4) is 0 Å². The molecule has 0 amide bonds. The molecule has 0 aliphatic carbocycles. The molecule has 3 heteroatoms. The van der Waals surface area contributed by atoms with E-state index in [2.05, 4.69) is 33.2 Å². The predicted molar refractivity (Wildman–Crippen MR) is 62.2 cm³/mol. The number of hydrogen-bond acceptors (Lipinski definition) is 2. The fourth-order valence-electron chi connectivity index (χ4n) is 1.82. The summed E-state index contributed by atoms with van der Waals surface area (Å²) in [7, 11) is 0. The molecule has 0 atom stereocenters. The van der Waals surface area contributed by atoms with Crippen LogP contribution in [0.25, 0.3) is 16.5 Å². The molecule has 74 valence electrons. The third-order valence-electron chi connectivity index (χ3n) is 2.60. The first kappa shape index (κ1) is 8.41. The Morgan fingerprint density at radius 1 is 1.33 bits per heavy atom. The fourth-order valence-corrected chi connectivity index (χ4v) is 1.82. The molecular weight excluding hydrogens is 186 g/mol. The lowest BCUT2D eigenvalue weighted by Crippen LogP contribution is -1.81. The Hall–Kier alpha value is -1.90. The molecule has 15 heavy (non-hydrogen) atoms. The number of aryl methyl sites for hydroxylation is 1. The summed E-state index contributed by atoms with van der Waals surface area (Å²) in [5, 5.41) is 1.15. The Kier molecular flexibility index (Phi) is 1.71. The molecule has 3 nitrogen and oxygen atoms in total. The number of pyridine rings is 1. The zero-order valence-electron chi connectivity index (χ0n) is 8.49. The van der Waals surface area contributed by atoms with E-state index >= 15 is 0 Å². The molecule has 0 unspecified atom stereocenters. The maximum absolute atomic E-state index is 4.27. The largest absolute Gasteiger partial charge is 0.354 e. The van der Waals surface area contributed by atoms with Crippen molar-refractivity contribution in [2.75, 3.05) is 6.54 Å². The average Bonchev–Trinajstić information content (AvgIpc) is 2.84. The molecule has 0 aromatic carbocycles. The number of aromatic amines is 1. The van der Waals surface area contributed by atoms with Gasteiger partial charge in [-0.2, -0.15) is 0 Å². The second kappa shape index (κ2) is 3.05. The van der Waals surface area contributed by atoms with Gasteiger partial charge in [0.1, 0.15) is 0 Å². The number of aliphatic imine (C=N–C) groups is 1. The molecule has 1 N–H and O–H groups in total. The van der Waals surface area contributed by atoms with Crippen molar-refractivity contribution in [2.45, 2.75) is 6.92 Å². The lowest BCUT2D eigenvalue weighted by atomic mass is 10.2. The number of nitrogens with one attached hydrogen (secondary N) is 1. The highest BCUT2D eigenvalue weighted by molar-refractivity contribution is 6.12. The number of nitrogens with zero attached hydrogens (tertiary/aromatic N) is 2. The minimum Gasteiger partial charge on any atom is -0.354 e. The molecule has 0 saturated carbocycles. The third kappa shape index (κ3) is 1.36. The van der Waals surface area contributed by atoms with Gasteiger partial charge < -0.3 is 4.98 Å². The van der Waals surface area contributed by atoms with Crippen molar-refractivity contribution in [2.24, 2.45) is 4.99 Å². The van der Waals surface area contributed by atoms with Gasteiger partial charge >= 0.3 is 0 Å². The average molecular weight is 197 g/mol. The van der Waals surface area contributed by atoms with E-state index in [0.29, 0.717) is 0 Å². The number of allylic oxidation sites excluding steroid dienone is 1. The van der Waals surface area contributed by atoms with Crippen LogP contribution in [0, 0.1) is 6.92 Å². The van der Waals surface area contributed by atoms with E-state index in [1.165, 1.54) is 5.57 Å². The van der Waals surface area contributed by atoms with E-state index in [9.17, 15) is 0 Å². The smallest absolute Gasteiger partial charge is 0.0580 e. The summed E-state index contributed by atoms with van der Waals surface area (Å²) in [6, 6.07) is 4.18. The fraction of sp³-hybridized carbons (Fsp3) is 0.167. The Bertz CT molecular complexity index is 576. The molecule has 1 aliphatic heterocycles. The summed E-state index contributed by atoms with van der Waals surface area (Å²) in [6.45, 7) is 2.79. The molecule has 2 aromatic rings. The van der Waals surface area contributed by atoms with Gasteiger partial charge in [-0.05, 0) is 19.1 Å². The molecule has 1 aliphatic rings. The summed E-state index contributed by atoms with van der Waals surface area (Å²) in [4.78, 5) is 11.8. The summed E-state index contributed by atoms with van der Waals surface area (Å²) >= 11 is 0. The van der Waals surface area contributed by atoms with Gasteiger partial charge in [-0.15, -0.1) is 0 Å². The van der Waals surface area contributed by atoms with Gasteiger partial charge in [0.05, 0.1) is 6.54 Å². The number of rotatable bonds is 1.